The van der Waals surface area contributed by atoms with Crippen molar-refractivity contribution in [2.75, 3.05) is 16.3 Å². The largest absolute Gasteiger partial charge is 0.495 e. The van der Waals surface area contributed by atoms with Crippen LogP contribution in [0.5, 0.6) is 0 Å². The molecular weight excluding hydrogens is 418 g/mol. The van der Waals surface area contributed by atoms with E-state index in [0.717, 1.165) is 23.9 Å². The van der Waals surface area contributed by atoms with Gasteiger partial charge in [0.25, 0.3) is 5.91 Å². The fourth-order valence-electron chi connectivity index (χ4n) is 2.70. The lowest BCUT2D eigenvalue weighted by molar-refractivity contribution is 0.00578. The standard InChI is InChI=1S/C18H22BFN2O5S2/c1-17(2)18(3,4)27-19(26-17)11-6-15(28-10-11)16(23)21-13-7-12(20)8-14(9-13)22-29(5,24)25/h6-10,22H,1-5H3,(H,21,23). The zero-order valence-corrected chi connectivity index (χ0v) is 18.3. The second-order valence-corrected chi connectivity index (χ2v) is 10.5. The number of hydrogen-bond donors (Lipinski definition) is 2. The highest BCUT2D eigenvalue weighted by Crippen LogP contribution is 2.36. The van der Waals surface area contributed by atoms with E-state index >= 15 is 0 Å². The normalized spacial score (nSPS) is 17.9. The Morgan fingerprint density at radius 2 is 1.66 bits per heavy atom. The Kier molecular flexibility index (Phi) is 5.54. The molecule has 1 saturated heterocycles. The van der Waals surface area contributed by atoms with Crippen LogP contribution in [-0.2, 0) is 19.3 Å². The molecule has 1 fully saturated rings. The van der Waals surface area contributed by atoms with Gasteiger partial charge in [0.1, 0.15) is 5.82 Å². The number of amides is 1. The summed E-state index contributed by atoms with van der Waals surface area (Å²) >= 11 is 1.21. The first-order valence-electron chi connectivity index (χ1n) is 8.80. The number of halogens is 1. The van der Waals surface area contributed by atoms with Crippen molar-refractivity contribution in [3.05, 3.63) is 40.3 Å². The Morgan fingerprint density at radius 1 is 1.07 bits per heavy atom. The maximum Gasteiger partial charge on any atom is 0.495 e. The first-order valence-corrected chi connectivity index (χ1v) is 11.6. The number of nitrogens with one attached hydrogen (secondary N) is 2. The zero-order chi connectivity index (χ0) is 21.6. The van der Waals surface area contributed by atoms with Crippen LogP contribution in [0.15, 0.2) is 29.6 Å². The molecule has 3 rings (SSSR count). The van der Waals surface area contributed by atoms with Gasteiger partial charge < -0.3 is 14.6 Å². The third-order valence-corrected chi connectivity index (χ3v) is 6.38. The molecule has 0 aliphatic carbocycles. The van der Waals surface area contributed by atoms with E-state index in [2.05, 4.69) is 10.0 Å². The predicted molar refractivity (Wildman–Crippen MR) is 113 cm³/mol. The minimum absolute atomic E-state index is 0.0203. The minimum Gasteiger partial charge on any atom is -0.399 e. The van der Waals surface area contributed by atoms with Gasteiger partial charge in [-0.15, -0.1) is 11.3 Å². The average Bonchev–Trinajstić information content (AvgIpc) is 3.08. The molecule has 0 radical (unpaired) electrons. The maximum atomic E-state index is 13.8. The molecule has 0 unspecified atom stereocenters. The topological polar surface area (TPSA) is 93.7 Å². The van der Waals surface area contributed by atoms with Crippen molar-refractivity contribution >= 4 is 51.2 Å². The average molecular weight is 440 g/mol. The van der Waals surface area contributed by atoms with Gasteiger partial charge >= 0.3 is 7.12 Å². The molecule has 29 heavy (non-hydrogen) atoms. The van der Waals surface area contributed by atoms with E-state index in [1.165, 1.54) is 17.4 Å². The van der Waals surface area contributed by atoms with Crippen LogP contribution >= 0.6 is 11.3 Å². The summed E-state index contributed by atoms with van der Waals surface area (Å²) in [4.78, 5) is 12.9. The highest BCUT2D eigenvalue weighted by Gasteiger charge is 2.52. The summed E-state index contributed by atoms with van der Waals surface area (Å²) in [6.45, 7) is 7.77. The molecule has 1 aliphatic rings. The fourth-order valence-corrected chi connectivity index (χ4v) is 4.05. The number of sulfonamides is 1. The molecule has 1 amide bonds. The van der Waals surface area contributed by atoms with Gasteiger partial charge in [-0.1, -0.05) is 0 Å². The lowest BCUT2D eigenvalue weighted by Crippen LogP contribution is -2.41. The van der Waals surface area contributed by atoms with E-state index in [4.69, 9.17) is 9.31 Å². The molecule has 7 nitrogen and oxygen atoms in total. The number of rotatable bonds is 5. The number of anilines is 2. The summed E-state index contributed by atoms with van der Waals surface area (Å²) in [5, 5.41) is 4.35. The SMILES string of the molecule is CC1(C)OB(c2csc(C(=O)Nc3cc(F)cc(NS(C)(=O)=O)c3)c2)OC1(C)C. The van der Waals surface area contributed by atoms with Gasteiger partial charge in [-0.3, -0.25) is 9.52 Å². The zero-order valence-electron chi connectivity index (χ0n) is 16.7. The van der Waals surface area contributed by atoms with Gasteiger partial charge in [-0.05, 0) is 62.8 Å². The highest BCUT2D eigenvalue weighted by molar-refractivity contribution is 7.92. The van der Waals surface area contributed by atoms with Crippen LogP contribution in [0.3, 0.4) is 0 Å². The van der Waals surface area contributed by atoms with E-state index in [9.17, 15) is 17.6 Å². The summed E-state index contributed by atoms with van der Waals surface area (Å²) < 4.78 is 50.6. The van der Waals surface area contributed by atoms with Crippen LogP contribution in [-0.4, -0.2) is 38.9 Å². The monoisotopic (exact) mass is 440 g/mol. The van der Waals surface area contributed by atoms with Crippen molar-refractivity contribution in [3.8, 4) is 0 Å². The molecule has 0 saturated carbocycles. The number of benzene rings is 1. The smallest absolute Gasteiger partial charge is 0.399 e. The molecule has 2 N–H and O–H groups in total. The van der Waals surface area contributed by atoms with Crippen LogP contribution in [0, 0.1) is 5.82 Å². The van der Waals surface area contributed by atoms with E-state index in [0.29, 0.717) is 4.88 Å². The summed E-state index contributed by atoms with van der Waals surface area (Å²) in [5.74, 6) is -1.13. The number of hydrogen-bond acceptors (Lipinski definition) is 6. The second kappa shape index (κ2) is 7.39. The van der Waals surface area contributed by atoms with Gasteiger partial charge in [0.05, 0.1) is 28.0 Å². The van der Waals surface area contributed by atoms with Gasteiger partial charge in [0.15, 0.2) is 0 Å². The molecule has 2 aromatic rings. The Balaban J connectivity index is 1.75. The predicted octanol–water partition coefficient (Wildman–Crippen LogP) is 2.81. The Labute approximate surface area is 173 Å². The molecule has 0 spiro atoms. The molecule has 1 aromatic heterocycles. The van der Waals surface area contributed by atoms with E-state index < -0.39 is 40.1 Å². The van der Waals surface area contributed by atoms with E-state index in [1.807, 2.05) is 27.7 Å². The van der Waals surface area contributed by atoms with Gasteiger partial charge in [-0.2, -0.15) is 0 Å². The van der Waals surface area contributed by atoms with Crippen molar-refractivity contribution in [1.29, 1.82) is 0 Å². The van der Waals surface area contributed by atoms with Gasteiger partial charge in [-0.25, -0.2) is 12.8 Å². The number of carbonyl (C=O) groups excluding carboxylic acids is 1. The van der Waals surface area contributed by atoms with E-state index in [-0.39, 0.29) is 11.4 Å². The van der Waals surface area contributed by atoms with Crippen molar-refractivity contribution in [2.24, 2.45) is 0 Å². The van der Waals surface area contributed by atoms with Crippen LogP contribution in [0.1, 0.15) is 37.4 Å². The lowest BCUT2D eigenvalue weighted by Gasteiger charge is -2.32. The summed E-state index contributed by atoms with van der Waals surface area (Å²) in [7, 11) is -4.16. The number of thiophene rings is 1. The molecule has 2 heterocycles. The molecule has 1 aliphatic heterocycles. The molecule has 0 bridgehead atoms. The minimum atomic E-state index is -3.57. The van der Waals surface area contributed by atoms with Gasteiger partial charge in [0, 0.05) is 5.69 Å². The quantitative estimate of drug-likeness (QED) is 0.698. The lowest BCUT2D eigenvalue weighted by atomic mass is 9.81. The third kappa shape index (κ3) is 4.97. The van der Waals surface area contributed by atoms with Crippen molar-refractivity contribution in [1.82, 2.24) is 0 Å². The van der Waals surface area contributed by atoms with Crippen molar-refractivity contribution in [3.63, 3.8) is 0 Å². The maximum absolute atomic E-state index is 13.8. The first-order chi connectivity index (χ1) is 13.3. The van der Waals surface area contributed by atoms with Gasteiger partial charge in [0.2, 0.25) is 10.0 Å². The highest BCUT2D eigenvalue weighted by atomic mass is 32.2. The Hall–Kier alpha value is -1.95. The molecule has 11 heteroatoms. The van der Waals surface area contributed by atoms with Crippen LogP contribution in [0.2, 0.25) is 0 Å². The summed E-state index contributed by atoms with van der Waals surface area (Å²) in [6, 6.07) is 5.13. The molecule has 1 aromatic carbocycles. The molecule has 0 atom stereocenters. The van der Waals surface area contributed by atoms with Crippen LogP contribution < -0.4 is 15.5 Å². The molecule has 156 valence electrons. The Morgan fingerprint density at radius 3 is 2.24 bits per heavy atom. The second-order valence-electron chi connectivity index (χ2n) is 7.89. The van der Waals surface area contributed by atoms with Crippen LogP contribution in [0.25, 0.3) is 0 Å². The summed E-state index contributed by atoms with van der Waals surface area (Å²) in [6.07, 6.45) is 0.957. The van der Waals surface area contributed by atoms with Crippen molar-refractivity contribution in [2.45, 2.75) is 38.9 Å². The fraction of sp³-hybridized carbons (Fsp3) is 0.389. The number of carbonyl (C=O) groups is 1. The Bertz CT molecular complexity index is 1040. The van der Waals surface area contributed by atoms with Crippen molar-refractivity contribution < 1.29 is 26.9 Å². The molecular formula is C18H22BFN2O5S2. The van der Waals surface area contributed by atoms with Crippen LogP contribution in [0.4, 0.5) is 15.8 Å². The summed E-state index contributed by atoms with van der Waals surface area (Å²) in [5.41, 5.74) is -0.116. The first kappa shape index (κ1) is 21.8. The van der Waals surface area contributed by atoms with E-state index in [1.54, 1.807) is 11.4 Å². The third-order valence-electron chi connectivity index (χ3n) is 4.83.